The van der Waals surface area contributed by atoms with Gasteiger partial charge in [0.05, 0.1) is 10.6 Å². The van der Waals surface area contributed by atoms with Crippen LogP contribution in [0.25, 0.3) is 0 Å². The maximum Gasteiger partial charge on any atom is 0.1000 e. The van der Waals surface area contributed by atoms with Crippen molar-refractivity contribution in [3.63, 3.8) is 0 Å². The van der Waals surface area contributed by atoms with Gasteiger partial charge in [0.2, 0.25) is 0 Å². The van der Waals surface area contributed by atoms with Gasteiger partial charge in [-0.3, -0.25) is 0 Å². The van der Waals surface area contributed by atoms with Crippen molar-refractivity contribution in [1.29, 1.82) is 0 Å². The maximum absolute atomic E-state index is 5.40. The first-order valence-corrected chi connectivity index (χ1v) is 5.09. The van der Waals surface area contributed by atoms with Crippen LogP contribution in [0.2, 0.25) is 0 Å². The monoisotopic (exact) mass is 193 g/mol. The van der Waals surface area contributed by atoms with Crippen molar-refractivity contribution in [1.82, 2.24) is 0 Å². The van der Waals surface area contributed by atoms with Crippen LogP contribution in [0.3, 0.4) is 0 Å². The molecule has 0 radical (unpaired) electrons. The first-order valence-electron chi connectivity index (χ1n) is 4.27. The van der Waals surface area contributed by atoms with Crippen LogP contribution in [0.15, 0.2) is 6.07 Å². The van der Waals surface area contributed by atoms with Crippen molar-refractivity contribution in [3.8, 4) is 12.3 Å². The molecule has 0 amide bonds. The number of hydrogen-bond donors (Lipinski definition) is 1. The van der Waals surface area contributed by atoms with Gasteiger partial charge in [-0.05, 0) is 11.5 Å². The van der Waals surface area contributed by atoms with E-state index in [0.717, 1.165) is 10.6 Å². The average molecular weight is 193 g/mol. The van der Waals surface area contributed by atoms with Gasteiger partial charge in [-0.25, -0.2) is 0 Å². The summed E-state index contributed by atoms with van der Waals surface area (Å²) in [6, 6.07) is 2.14. The molecule has 0 saturated heterocycles. The third kappa shape index (κ3) is 2.05. The predicted octanol–water partition coefficient (Wildman–Crippen LogP) is 3.07. The van der Waals surface area contributed by atoms with Gasteiger partial charge in [0.25, 0.3) is 0 Å². The van der Waals surface area contributed by atoms with Gasteiger partial charge in [0.15, 0.2) is 0 Å². The summed E-state index contributed by atoms with van der Waals surface area (Å²) in [5.74, 6) is 2.70. The lowest BCUT2D eigenvalue weighted by Crippen LogP contribution is -2.07. The van der Waals surface area contributed by atoms with E-state index >= 15 is 0 Å². The highest BCUT2D eigenvalue weighted by Gasteiger charge is 2.18. The highest BCUT2D eigenvalue weighted by atomic mass is 32.1. The summed E-state index contributed by atoms with van der Waals surface area (Å²) in [6.45, 7) is 6.58. The number of anilines is 1. The molecule has 0 fully saturated rings. The lowest BCUT2D eigenvalue weighted by molar-refractivity contribution is 0.604. The number of thiophene rings is 1. The van der Waals surface area contributed by atoms with Crippen LogP contribution < -0.4 is 5.32 Å². The summed E-state index contributed by atoms with van der Waals surface area (Å²) in [7, 11) is 1.90. The van der Waals surface area contributed by atoms with Crippen LogP contribution in [0.1, 0.15) is 30.5 Å². The van der Waals surface area contributed by atoms with E-state index in [0.29, 0.717) is 0 Å². The number of rotatable bonds is 1. The fourth-order valence-electron chi connectivity index (χ4n) is 1.05. The fraction of sp³-hybridized carbons (Fsp3) is 0.455. The molecular weight excluding hydrogens is 178 g/mol. The molecule has 0 aliphatic rings. The molecule has 1 rings (SSSR count). The highest BCUT2D eigenvalue weighted by molar-refractivity contribution is 7.13. The fourth-order valence-corrected chi connectivity index (χ4v) is 2.09. The largest absolute Gasteiger partial charge is 0.386 e. The zero-order chi connectivity index (χ0) is 10.1. The van der Waals surface area contributed by atoms with E-state index in [-0.39, 0.29) is 5.41 Å². The van der Waals surface area contributed by atoms with E-state index in [1.807, 2.05) is 7.05 Å². The molecule has 70 valence electrons. The van der Waals surface area contributed by atoms with Gasteiger partial charge >= 0.3 is 0 Å². The minimum atomic E-state index is 0.186. The molecule has 0 aliphatic heterocycles. The van der Waals surface area contributed by atoms with Crippen molar-refractivity contribution >= 4 is 17.0 Å². The third-order valence-corrected chi connectivity index (χ3v) is 3.36. The Morgan fingerprint density at radius 3 is 2.38 bits per heavy atom. The SMILES string of the molecule is C#Cc1sc(C(C)(C)C)cc1NC. The van der Waals surface area contributed by atoms with Gasteiger partial charge in [0, 0.05) is 11.9 Å². The van der Waals surface area contributed by atoms with Crippen LogP contribution in [-0.2, 0) is 5.41 Å². The summed E-state index contributed by atoms with van der Waals surface area (Å²) >= 11 is 1.69. The second-order valence-corrected chi connectivity index (χ2v) is 5.05. The van der Waals surface area contributed by atoms with Crippen LogP contribution in [0.5, 0.6) is 0 Å². The molecule has 1 heterocycles. The van der Waals surface area contributed by atoms with Crippen molar-refractivity contribution < 1.29 is 0 Å². The van der Waals surface area contributed by atoms with Gasteiger partial charge in [0.1, 0.15) is 0 Å². The van der Waals surface area contributed by atoms with Crippen molar-refractivity contribution in [2.75, 3.05) is 12.4 Å². The molecule has 1 aromatic rings. The van der Waals surface area contributed by atoms with E-state index < -0.39 is 0 Å². The summed E-state index contributed by atoms with van der Waals surface area (Å²) in [5.41, 5.74) is 1.25. The Kier molecular flexibility index (Phi) is 2.68. The molecule has 0 aromatic carbocycles. The van der Waals surface area contributed by atoms with Crippen LogP contribution in [-0.4, -0.2) is 7.05 Å². The smallest absolute Gasteiger partial charge is 0.1000 e. The van der Waals surface area contributed by atoms with Crippen LogP contribution in [0.4, 0.5) is 5.69 Å². The van der Waals surface area contributed by atoms with E-state index in [9.17, 15) is 0 Å². The Morgan fingerprint density at radius 1 is 1.46 bits per heavy atom. The molecule has 13 heavy (non-hydrogen) atoms. The molecule has 0 atom stereocenters. The predicted molar refractivity (Wildman–Crippen MR) is 60.5 cm³/mol. The van der Waals surface area contributed by atoms with Crippen molar-refractivity contribution in [3.05, 3.63) is 15.8 Å². The van der Waals surface area contributed by atoms with Gasteiger partial charge in [-0.15, -0.1) is 17.8 Å². The Bertz CT molecular complexity index is 336. The van der Waals surface area contributed by atoms with Gasteiger partial charge < -0.3 is 5.32 Å². The molecule has 1 nitrogen and oxygen atoms in total. The molecular formula is C11H15NS. The second-order valence-electron chi connectivity index (χ2n) is 4.00. The summed E-state index contributed by atoms with van der Waals surface area (Å²) in [5, 5.41) is 3.11. The Balaban J connectivity index is 3.16. The Hall–Kier alpha value is -0.940. The molecule has 1 N–H and O–H groups in total. The number of terminal acetylenes is 1. The van der Waals surface area contributed by atoms with Gasteiger partial charge in [-0.2, -0.15) is 0 Å². The summed E-state index contributed by atoms with van der Waals surface area (Å²) < 4.78 is 0. The first-order chi connectivity index (χ1) is 5.99. The topological polar surface area (TPSA) is 12.0 Å². The molecule has 0 spiro atoms. The summed E-state index contributed by atoms with van der Waals surface area (Å²) in [4.78, 5) is 2.32. The third-order valence-electron chi connectivity index (χ3n) is 1.87. The van der Waals surface area contributed by atoms with E-state index in [1.54, 1.807) is 11.3 Å². The molecule has 0 bridgehead atoms. The van der Waals surface area contributed by atoms with E-state index in [2.05, 4.69) is 38.1 Å². The van der Waals surface area contributed by atoms with Crippen LogP contribution >= 0.6 is 11.3 Å². The molecule has 0 unspecified atom stereocenters. The molecule has 1 aromatic heterocycles. The number of hydrogen-bond acceptors (Lipinski definition) is 2. The number of nitrogens with one attached hydrogen (secondary N) is 1. The van der Waals surface area contributed by atoms with Gasteiger partial charge in [-0.1, -0.05) is 26.7 Å². The van der Waals surface area contributed by atoms with Crippen molar-refractivity contribution in [2.24, 2.45) is 0 Å². The van der Waals surface area contributed by atoms with Crippen LogP contribution in [0, 0.1) is 12.3 Å². The average Bonchev–Trinajstić information content (AvgIpc) is 2.45. The summed E-state index contributed by atoms with van der Waals surface area (Å²) in [6.07, 6.45) is 5.40. The molecule has 2 heteroatoms. The first kappa shape index (κ1) is 10.1. The van der Waals surface area contributed by atoms with E-state index in [1.165, 1.54) is 4.88 Å². The zero-order valence-corrected chi connectivity index (χ0v) is 9.38. The quantitative estimate of drug-likeness (QED) is 0.676. The lowest BCUT2D eigenvalue weighted by Gasteiger charge is -2.14. The van der Waals surface area contributed by atoms with E-state index in [4.69, 9.17) is 6.42 Å². The minimum absolute atomic E-state index is 0.186. The lowest BCUT2D eigenvalue weighted by atomic mass is 9.95. The molecule has 0 saturated carbocycles. The van der Waals surface area contributed by atoms with Crippen molar-refractivity contribution in [2.45, 2.75) is 26.2 Å². The Morgan fingerprint density at radius 2 is 2.08 bits per heavy atom. The second kappa shape index (κ2) is 3.43. The zero-order valence-electron chi connectivity index (χ0n) is 8.56. The standard InChI is InChI=1S/C11H15NS/c1-6-9-8(12-5)7-10(13-9)11(2,3)4/h1,7,12H,2-5H3. The maximum atomic E-state index is 5.40. The Labute approximate surface area is 84.2 Å². The highest BCUT2D eigenvalue weighted by Crippen LogP contribution is 2.34. The minimum Gasteiger partial charge on any atom is -0.386 e. The normalized spacial score (nSPS) is 11.0. The molecule has 0 aliphatic carbocycles.